The van der Waals surface area contributed by atoms with Gasteiger partial charge in [-0.05, 0) is 24.1 Å². The first-order valence-electron chi connectivity index (χ1n) is 5.37. The van der Waals surface area contributed by atoms with Crippen molar-refractivity contribution >= 4 is 0 Å². The monoisotopic (exact) mass is 252 g/mol. The molecule has 0 radical (unpaired) electrons. The molecule has 0 aliphatic rings. The molecule has 4 heteroatoms. The summed E-state index contributed by atoms with van der Waals surface area (Å²) in [5.74, 6) is -2.02. The van der Waals surface area contributed by atoms with Crippen LogP contribution < -0.4 is 0 Å². The smallest absolute Gasteiger partial charge is 0.267 e. The van der Waals surface area contributed by atoms with Gasteiger partial charge in [-0.25, -0.2) is 13.2 Å². The highest BCUT2D eigenvalue weighted by Crippen LogP contribution is 2.36. The van der Waals surface area contributed by atoms with E-state index >= 15 is 0 Å². The fourth-order valence-corrected chi connectivity index (χ4v) is 1.78. The van der Waals surface area contributed by atoms with Crippen LogP contribution in [-0.2, 0) is 0 Å². The average Bonchev–Trinajstić information content (AvgIpc) is 2.33. The van der Waals surface area contributed by atoms with Gasteiger partial charge in [0, 0.05) is 0 Å². The Labute approximate surface area is 103 Å². The summed E-state index contributed by atoms with van der Waals surface area (Å²) in [7, 11) is 0. The highest BCUT2D eigenvalue weighted by molar-refractivity contribution is 5.69. The second-order valence-electron chi connectivity index (χ2n) is 4.03. The van der Waals surface area contributed by atoms with Crippen LogP contribution in [0, 0.1) is 12.7 Å². The Balaban J connectivity index is 2.64. The van der Waals surface area contributed by atoms with Crippen molar-refractivity contribution in [3.63, 3.8) is 0 Å². The zero-order valence-corrected chi connectivity index (χ0v) is 9.62. The summed E-state index contributed by atoms with van der Waals surface area (Å²) in [4.78, 5) is 0. The quantitative estimate of drug-likeness (QED) is 0.837. The van der Waals surface area contributed by atoms with E-state index in [0.717, 1.165) is 11.6 Å². The molecule has 0 saturated carbocycles. The Morgan fingerprint density at radius 3 is 2.17 bits per heavy atom. The zero-order valence-electron chi connectivity index (χ0n) is 9.62. The first kappa shape index (κ1) is 12.5. The van der Waals surface area contributed by atoms with E-state index in [0.29, 0.717) is 5.56 Å². The van der Waals surface area contributed by atoms with Crippen molar-refractivity contribution in [2.45, 2.75) is 13.3 Å². The SMILES string of the molecule is Cc1ccc(-c2ccc(O)c(F)c2C(F)F)cc1. The van der Waals surface area contributed by atoms with E-state index in [9.17, 15) is 13.2 Å². The molecule has 0 bridgehead atoms. The maximum Gasteiger partial charge on any atom is 0.267 e. The van der Waals surface area contributed by atoms with Crippen LogP contribution in [0.4, 0.5) is 13.2 Å². The number of hydrogen-bond donors (Lipinski definition) is 1. The van der Waals surface area contributed by atoms with Gasteiger partial charge in [-0.1, -0.05) is 35.9 Å². The minimum absolute atomic E-state index is 0.0975. The number of phenolic OH excluding ortho intramolecular Hbond substituents is 1. The highest BCUT2D eigenvalue weighted by atomic mass is 19.3. The van der Waals surface area contributed by atoms with Gasteiger partial charge in [-0.3, -0.25) is 0 Å². The van der Waals surface area contributed by atoms with Crippen molar-refractivity contribution < 1.29 is 18.3 Å². The van der Waals surface area contributed by atoms with Crippen molar-refractivity contribution in [3.05, 3.63) is 53.3 Å². The molecular formula is C14H11F3O. The molecule has 0 aliphatic heterocycles. The van der Waals surface area contributed by atoms with Gasteiger partial charge in [0.15, 0.2) is 11.6 Å². The van der Waals surface area contributed by atoms with Gasteiger partial charge in [0.2, 0.25) is 0 Å². The Bertz CT molecular complexity index is 562. The van der Waals surface area contributed by atoms with Crippen molar-refractivity contribution in [2.24, 2.45) is 0 Å². The number of halogens is 3. The summed E-state index contributed by atoms with van der Waals surface area (Å²) in [6.07, 6.45) is -2.98. The minimum Gasteiger partial charge on any atom is -0.505 e. The van der Waals surface area contributed by atoms with E-state index in [1.54, 1.807) is 24.3 Å². The van der Waals surface area contributed by atoms with Crippen LogP contribution in [0.1, 0.15) is 17.6 Å². The normalized spacial score (nSPS) is 10.9. The highest BCUT2D eigenvalue weighted by Gasteiger charge is 2.21. The van der Waals surface area contributed by atoms with Gasteiger partial charge in [-0.15, -0.1) is 0 Å². The van der Waals surface area contributed by atoms with Crippen LogP contribution in [0.2, 0.25) is 0 Å². The summed E-state index contributed by atoms with van der Waals surface area (Å²) in [5, 5.41) is 9.16. The Morgan fingerprint density at radius 1 is 1.00 bits per heavy atom. The lowest BCUT2D eigenvalue weighted by molar-refractivity contribution is 0.146. The van der Waals surface area contributed by atoms with Gasteiger partial charge in [0.05, 0.1) is 5.56 Å². The summed E-state index contributed by atoms with van der Waals surface area (Å²) in [6, 6.07) is 9.19. The summed E-state index contributed by atoms with van der Waals surface area (Å²) >= 11 is 0. The van der Waals surface area contributed by atoms with E-state index in [2.05, 4.69) is 0 Å². The third-order valence-corrected chi connectivity index (χ3v) is 2.74. The molecule has 1 nitrogen and oxygen atoms in total. The van der Waals surface area contributed by atoms with Gasteiger partial charge in [-0.2, -0.15) is 0 Å². The van der Waals surface area contributed by atoms with Crippen molar-refractivity contribution in [1.29, 1.82) is 0 Å². The molecule has 2 rings (SSSR count). The molecule has 0 aromatic heterocycles. The Hall–Kier alpha value is -1.97. The van der Waals surface area contributed by atoms with Crippen LogP contribution in [-0.4, -0.2) is 5.11 Å². The molecule has 2 aromatic rings. The number of aryl methyl sites for hydroxylation is 1. The maximum atomic E-state index is 13.5. The molecule has 0 unspecified atom stereocenters. The van der Waals surface area contributed by atoms with Gasteiger partial charge >= 0.3 is 0 Å². The predicted octanol–water partition coefficient (Wildman–Crippen LogP) is 4.44. The molecule has 18 heavy (non-hydrogen) atoms. The molecule has 1 N–H and O–H groups in total. The summed E-state index contributed by atoms with van der Waals surface area (Å²) in [5.41, 5.74) is 0.811. The van der Waals surface area contributed by atoms with Crippen LogP contribution >= 0.6 is 0 Å². The number of benzene rings is 2. The van der Waals surface area contributed by atoms with Crippen LogP contribution in [0.5, 0.6) is 5.75 Å². The van der Waals surface area contributed by atoms with Gasteiger partial charge in [0.25, 0.3) is 6.43 Å². The first-order chi connectivity index (χ1) is 8.50. The second kappa shape index (κ2) is 4.72. The van der Waals surface area contributed by atoms with Crippen LogP contribution in [0.15, 0.2) is 36.4 Å². The van der Waals surface area contributed by atoms with Gasteiger partial charge in [0.1, 0.15) is 0 Å². The summed E-state index contributed by atoms with van der Waals surface area (Å²) in [6.45, 7) is 1.87. The third-order valence-electron chi connectivity index (χ3n) is 2.74. The lowest BCUT2D eigenvalue weighted by Crippen LogP contribution is -1.96. The molecule has 94 valence electrons. The second-order valence-corrected chi connectivity index (χ2v) is 4.03. The Kier molecular flexibility index (Phi) is 3.28. The number of aromatic hydroxyl groups is 1. The van der Waals surface area contributed by atoms with E-state index < -0.39 is 23.6 Å². The molecule has 0 spiro atoms. The van der Waals surface area contributed by atoms with Gasteiger partial charge < -0.3 is 5.11 Å². The van der Waals surface area contributed by atoms with Crippen LogP contribution in [0.25, 0.3) is 11.1 Å². The third kappa shape index (κ3) is 2.18. The lowest BCUT2D eigenvalue weighted by Gasteiger charge is -2.11. The predicted molar refractivity (Wildman–Crippen MR) is 63.2 cm³/mol. The number of phenols is 1. The minimum atomic E-state index is -2.98. The first-order valence-corrected chi connectivity index (χ1v) is 5.37. The molecule has 0 saturated heterocycles. The van der Waals surface area contributed by atoms with E-state index in [-0.39, 0.29) is 5.56 Å². The lowest BCUT2D eigenvalue weighted by atomic mass is 9.98. The molecular weight excluding hydrogens is 241 g/mol. The zero-order chi connectivity index (χ0) is 13.3. The van der Waals surface area contributed by atoms with Crippen molar-refractivity contribution in [2.75, 3.05) is 0 Å². The largest absolute Gasteiger partial charge is 0.505 e. The number of rotatable bonds is 2. The summed E-state index contributed by atoms with van der Waals surface area (Å²) < 4.78 is 39.3. The van der Waals surface area contributed by atoms with Crippen molar-refractivity contribution in [1.82, 2.24) is 0 Å². The topological polar surface area (TPSA) is 20.2 Å². The molecule has 0 aliphatic carbocycles. The molecule has 0 heterocycles. The van der Waals surface area contributed by atoms with Crippen molar-refractivity contribution in [3.8, 4) is 16.9 Å². The van der Waals surface area contributed by atoms with E-state index in [1.807, 2.05) is 6.92 Å². The number of alkyl halides is 2. The van der Waals surface area contributed by atoms with E-state index in [1.165, 1.54) is 6.07 Å². The molecule has 2 aromatic carbocycles. The molecule has 0 atom stereocenters. The fraction of sp³-hybridized carbons (Fsp3) is 0.143. The maximum absolute atomic E-state index is 13.5. The fourth-order valence-electron chi connectivity index (χ4n) is 1.78. The Morgan fingerprint density at radius 2 is 1.61 bits per heavy atom. The average molecular weight is 252 g/mol. The number of hydrogen-bond acceptors (Lipinski definition) is 1. The standard InChI is InChI=1S/C14H11F3O/c1-8-2-4-9(5-3-8)10-6-7-11(18)13(15)12(10)14(16)17/h2-7,14,18H,1H3. The van der Waals surface area contributed by atoms with Crippen LogP contribution in [0.3, 0.4) is 0 Å². The van der Waals surface area contributed by atoms with E-state index in [4.69, 9.17) is 5.11 Å². The molecule has 0 fully saturated rings. The molecule has 0 amide bonds.